The van der Waals surface area contributed by atoms with Crippen LogP contribution in [-0.2, 0) is 19.6 Å². The summed E-state index contributed by atoms with van der Waals surface area (Å²) in [5, 5.41) is 3.48. The second-order valence-corrected chi connectivity index (χ2v) is 6.16. The van der Waals surface area contributed by atoms with E-state index in [4.69, 9.17) is 9.47 Å². The Labute approximate surface area is 155 Å². The maximum Gasteiger partial charge on any atom is 0.122 e. The average Bonchev–Trinajstić information content (AvgIpc) is 2.71. The molecule has 3 rings (SSSR count). The van der Waals surface area contributed by atoms with Crippen LogP contribution in [-0.4, -0.2) is 13.7 Å². The summed E-state index contributed by atoms with van der Waals surface area (Å²) in [6.45, 7) is 2.35. The first kappa shape index (κ1) is 18.0. The van der Waals surface area contributed by atoms with Crippen molar-refractivity contribution >= 4 is 0 Å². The lowest BCUT2D eigenvalue weighted by molar-refractivity contribution is 0.306. The molecule has 134 valence electrons. The largest absolute Gasteiger partial charge is 0.496 e. The predicted molar refractivity (Wildman–Crippen MR) is 106 cm³/mol. The van der Waals surface area contributed by atoms with E-state index in [1.54, 1.807) is 7.11 Å². The highest BCUT2D eigenvalue weighted by Crippen LogP contribution is 2.17. The van der Waals surface area contributed by atoms with Crippen LogP contribution in [0.25, 0.3) is 0 Å². The summed E-state index contributed by atoms with van der Waals surface area (Å²) >= 11 is 0. The van der Waals surface area contributed by atoms with Crippen molar-refractivity contribution in [3.8, 4) is 11.5 Å². The maximum atomic E-state index is 5.82. The summed E-state index contributed by atoms with van der Waals surface area (Å²) in [5.74, 6) is 1.85. The van der Waals surface area contributed by atoms with Gasteiger partial charge in [-0.1, -0.05) is 60.7 Å². The Kier molecular flexibility index (Phi) is 6.68. The molecule has 0 saturated heterocycles. The molecule has 0 unspecified atom stereocenters. The van der Waals surface area contributed by atoms with Gasteiger partial charge >= 0.3 is 0 Å². The van der Waals surface area contributed by atoms with E-state index >= 15 is 0 Å². The minimum atomic E-state index is 0.595. The first-order chi connectivity index (χ1) is 12.8. The molecule has 0 spiro atoms. The Hall–Kier alpha value is -2.78. The van der Waals surface area contributed by atoms with Crippen LogP contribution in [0.4, 0.5) is 0 Å². The zero-order valence-corrected chi connectivity index (χ0v) is 15.2. The highest BCUT2D eigenvalue weighted by molar-refractivity contribution is 5.33. The topological polar surface area (TPSA) is 30.5 Å². The van der Waals surface area contributed by atoms with Gasteiger partial charge in [-0.25, -0.2) is 0 Å². The number of benzene rings is 3. The Morgan fingerprint density at radius 2 is 1.50 bits per heavy atom. The summed E-state index contributed by atoms with van der Waals surface area (Å²) in [6, 6.07) is 26.6. The lowest BCUT2D eigenvalue weighted by atomic mass is 10.1. The fourth-order valence-electron chi connectivity index (χ4n) is 2.81. The van der Waals surface area contributed by atoms with Gasteiger partial charge in [0.05, 0.1) is 7.11 Å². The average molecular weight is 347 g/mol. The smallest absolute Gasteiger partial charge is 0.122 e. The van der Waals surface area contributed by atoms with Gasteiger partial charge < -0.3 is 14.8 Å². The van der Waals surface area contributed by atoms with Gasteiger partial charge in [0.1, 0.15) is 18.1 Å². The van der Waals surface area contributed by atoms with Crippen LogP contribution in [0.1, 0.15) is 16.7 Å². The maximum absolute atomic E-state index is 5.82. The summed E-state index contributed by atoms with van der Waals surface area (Å²) in [4.78, 5) is 0. The van der Waals surface area contributed by atoms with Crippen molar-refractivity contribution in [1.82, 2.24) is 5.32 Å². The van der Waals surface area contributed by atoms with Gasteiger partial charge in [0.2, 0.25) is 0 Å². The molecule has 1 N–H and O–H groups in total. The second kappa shape index (κ2) is 9.64. The van der Waals surface area contributed by atoms with Crippen LogP contribution in [0.5, 0.6) is 11.5 Å². The number of para-hydroxylation sites is 1. The lowest BCUT2D eigenvalue weighted by Crippen LogP contribution is -2.16. The van der Waals surface area contributed by atoms with Crippen molar-refractivity contribution in [1.29, 1.82) is 0 Å². The van der Waals surface area contributed by atoms with Crippen molar-refractivity contribution in [2.45, 2.75) is 19.6 Å². The van der Waals surface area contributed by atoms with Crippen LogP contribution >= 0.6 is 0 Å². The van der Waals surface area contributed by atoms with Crippen LogP contribution in [0.3, 0.4) is 0 Å². The standard InChI is InChI=1S/C23H25NO2/c1-25-23-10-6-5-9-21(23)15-16-24-17-19-11-13-22(14-12-19)26-18-20-7-3-2-4-8-20/h2-14,24H,15-18H2,1H3. The Morgan fingerprint density at radius 3 is 2.27 bits per heavy atom. The quantitative estimate of drug-likeness (QED) is 0.574. The van der Waals surface area contributed by atoms with Crippen LogP contribution < -0.4 is 14.8 Å². The van der Waals surface area contributed by atoms with Crippen molar-refractivity contribution in [3.63, 3.8) is 0 Å². The van der Waals surface area contributed by atoms with E-state index in [1.807, 2.05) is 48.5 Å². The fourth-order valence-corrected chi connectivity index (χ4v) is 2.81. The molecular weight excluding hydrogens is 322 g/mol. The van der Waals surface area contributed by atoms with Crippen molar-refractivity contribution < 1.29 is 9.47 Å². The van der Waals surface area contributed by atoms with E-state index in [0.29, 0.717) is 6.61 Å². The number of hydrogen-bond donors (Lipinski definition) is 1. The molecule has 3 heteroatoms. The molecule has 0 aromatic heterocycles. The predicted octanol–water partition coefficient (Wildman–Crippen LogP) is 4.61. The Morgan fingerprint density at radius 1 is 0.769 bits per heavy atom. The van der Waals surface area contributed by atoms with Crippen molar-refractivity contribution in [2.75, 3.05) is 13.7 Å². The van der Waals surface area contributed by atoms with E-state index < -0.39 is 0 Å². The minimum Gasteiger partial charge on any atom is -0.496 e. The lowest BCUT2D eigenvalue weighted by Gasteiger charge is -2.10. The van der Waals surface area contributed by atoms with Gasteiger partial charge in [0.15, 0.2) is 0 Å². The highest BCUT2D eigenvalue weighted by atomic mass is 16.5. The van der Waals surface area contributed by atoms with E-state index in [2.05, 4.69) is 35.6 Å². The molecule has 0 amide bonds. The molecule has 3 nitrogen and oxygen atoms in total. The summed E-state index contributed by atoms with van der Waals surface area (Å²) in [7, 11) is 1.72. The van der Waals surface area contributed by atoms with E-state index in [0.717, 1.165) is 31.0 Å². The second-order valence-electron chi connectivity index (χ2n) is 6.16. The molecule has 3 aromatic carbocycles. The third-order valence-electron chi connectivity index (χ3n) is 4.26. The van der Waals surface area contributed by atoms with E-state index in [9.17, 15) is 0 Å². The van der Waals surface area contributed by atoms with Gasteiger partial charge in [-0.2, -0.15) is 0 Å². The molecule has 26 heavy (non-hydrogen) atoms. The molecule has 0 bridgehead atoms. The van der Waals surface area contributed by atoms with Crippen molar-refractivity contribution in [2.24, 2.45) is 0 Å². The Balaban J connectivity index is 1.41. The molecule has 0 radical (unpaired) electrons. The van der Waals surface area contributed by atoms with Gasteiger partial charge in [0, 0.05) is 6.54 Å². The van der Waals surface area contributed by atoms with Crippen LogP contribution in [0, 0.1) is 0 Å². The molecule has 0 aliphatic carbocycles. The zero-order valence-electron chi connectivity index (χ0n) is 15.2. The third-order valence-corrected chi connectivity index (χ3v) is 4.26. The molecule has 0 saturated carbocycles. The fraction of sp³-hybridized carbons (Fsp3) is 0.217. The number of ether oxygens (including phenoxy) is 2. The molecule has 0 atom stereocenters. The molecule has 0 aliphatic heterocycles. The van der Waals surface area contributed by atoms with Crippen LogP contribution in [0.2, 0.25) is 0 Å². The molecule has 0 heterocycles. The van der Waals surface area contributed by atoms with E-state index in [1.165, 1.54) is 16.7 Å². The number of rotatable bonds is 9. The summed E-state index contributed by atoms with van der Waals surface area (Å²) in [6.07, 6.45) is 0.947. The van der Waals surface area contributed by atoms with Gasteiger partial charge in [-0.05, 0) is 47.9 Å². The zero-order chi connectivity index (χ0) is 18.0. The molecule has 3 aromatic rings. The number of nitrogens with one attached hydrogen (secondary N) is 1. The highest BCUT2D eigenvalue weighted by Gasteiger charge is 2.01. The SMILES string of the molecule is COc1ccccc1CCNCc1ccc(OCc2ccccc2)cc1. The van der Waals surface area contributed by atoms with E-state index in [-0.39, 0.29) is 0 Å². The Bertz CT molecular complexity index is 785. The monoisotopic (exact) mass is 347 g/mol. The van der Waals surface area contributed by atoms with Gasteiger partial charge in [-0.15, -0.1) is 0 Å². The summed E-state index contributed by atoms with van der Waals surface area (Å²) < 4.78 is 11.2. The minimum absolute atomic E-state index is 0.595. The number of methoxy groups -OCH3 is 1. The molecule has 0 aliphatic rings. The first-order valence-corrected chi connectivity index (χ1v) is 8.93. The first-order valence-electron chi connectivity index (χ1n) is 8.93. The van der Waals surface area contributed by atoms with Gasteiger partial charge in [0.25, 0.3) is 0 Å². The van der Waals surface area contributed by atoms with Crippen molar-refractivity contribution in [3.05, 3.63) is 95.6 Å². The van der Waals surface area contributed by atoms with Gasteiger partial charge in [-0.3, -0.25) is 0 Å². The normalized spacial score (nSPS) is 10.5. The third kappa shape index (κ3) is 5.36. The van der Waals surface area contributed by atoms with Crippen LogP contribution in [0.15, 0.2) is 78.9 Å². The number of hydrogen-bond acceptors (Lipinski definition) is 3. The summed E-state index contributed by atoms with van der Waals surface area (Å²) in [5.41, 5.74) is 3.65. The molecule has 0 fully saturated rings. The molecular formula is C23H25NO2.